The standard InChI is InChI=1S/C17H14ClN3/c18-14-6-3-5-13(10-14)17(21-19)11-15-9-8-12-4-1-2-7-16(12)20-15/h1-10H,11,19H2. The van der Waals surface area contributed by atoms with E-state index in [0.29, 0.717) is 11.4 Å². The van der Waals surface area contributed by atoms with Crippen molar-refractivity contribution in [2.24, 2.45) is 10.9 Å². The zero-order valence-corrected chi connectivity index (χ0v) is 12.1. The van der Waals surface area contributed by atoms with Crippen molar-refractivity contribution >= 4 is 28.2 Å². The van der Waals surface area contributed by atoms with Gasteiger partial charge < -0.3 is 5.84 Å². The zero-order valence-electron chi connectivity index (χ0n) is 11.3. The first-order valence-electron chi connectivity index (χ1n) is 6.63. The van der Waals surface area contributed by atoms with Gasteiger partial charge in [0.15, 0.2) is 0 Å². The highest BCUT2D eigenvalue weighted by Crippen LogP contribution is 2.16. The van der Waals surface area contributed by atoms with Gasteiger partial charge in [-0.2, -0.15) is 5.10 Å². The van der Waals surface area contributed by atoms with Crippen LogP contribution in [0.5, 0.6) is 0 Å². The first-order valence-corrected chi connectivity index (χ1v) is 7.01. The van der Waals surface area contributed by atoms with Crippen LogP contribution in [0, 0.1) is 0 Å². The Kier molecular flexibility index (Phi) is 3.84. The number of rotatable bonds is 3. The molecule has 2 N–H and O–H groups in total. The summed E-state index contributed by atoms with van der Waals surface area (Å²) in [5, 5.41) is 5.68. The fraction of sp³-hybridized carbons (Fsp3) is 0.0588. The summed E-state index contributed by atoms with van der Waals surface area (Å²) in [5.74, 6) is 5.53. The molecule has 4 heteroatoms. The minimum absolute atomic E-state index is 0.571. The molecule has 0 unspecified atom stereocenters. The molecule has 21 heavy (non-hydrogen) atoms. The molecule has 0 amide bonds. The highest BCUT2D eigenvalue weighted by Gasteiger charge is 2.07. The number of hydrazone groups is 1. The molecule has 3 nitrogen and oxygen atoms in total. The molecule has 3 aromatic rings. The largest absolute Gasteiger partial charge is 0.323 e. The maximum Gasteiger partial charge on any atom is 0.0732 e. The number of para-hydroxylation sites is 1. The van der Waals surface area contributed by atoms with Gasteiger partial charge in [0.1, 0.15) is 0 Å². The molecule has 0 aliphatic rings. The van der Waals surface area contributed by atoms with Crippen LogP contribution in [0.3, 0.4) is 0 Å². The predicted molar refractivity (Wildman–Crippen MR) is 87.6 cm³/mol. The van der Waals surface area contributed by atoms with E-state index in [1.165, 1.54) is 0 Å². The topological polar surface area (TPSA) is 51.3 Å². The average Bonchev–Trinajstić information content (AvgIpc) is 2.52. The van der Waals surface area contributed by atoms with E-state index >= 15 is 0 Å². The van der Waals surface area contributed by atoms with Gasteiger partial charge in [0.2, 0.25) is 0 Å². The fourth-order valence-corrected chi connectivity index (χ4v) is 2.46. The summed E-state index contributed by atoms with van der Waals surface area (Å²) in [4.78, 5) is 4.64. The van der Waals surface area contributed by atoms with E-state index in [9.17, 15) is 0 Å². The van der Waals surface area contributed by atoms with Crippen LogP contribution in [0.2, 0.25) is 5.02 Å². The molecule has 0 bridgehead atoms. The van der Waals surface area contributed by atoms with Crippen molar-refractivity contribution in [3.05, 3.63) is 76.9 Å². The smallest absolute Gasteiger partial charge is 0.0732 e. The first-order chi connectivity index (χ1) is 10.3. The third-order valence-corrected chi connectivity index (χ3v) is 3.55. The van der Waals surface area contributed by atoms with E-state index in [-0.39, 0.29) is 0 Å². The van der Waals surface area contributed by atoms with Gasteiger partial charge in [0.25, 0.3) is 0 Å². The minimum atomic E-state index is 0.571. The molecule has 0 fully saturated rings. The van der Waals surface area contributed by atoms with E-state index in [2.05, 4.69) is 16.2 Å². The summed E-state index contributed by atoms with van der Waals surface area (Å²) in [5.41, 5.74) is 3.58. The molecular weight excluding hydrogens is 282 g/mol. The van der Waals surface area contributed by atoms with Crippen molar-refractivity contribution in [1.29, 1.82) is 0 Å². The Morgan fingerprint density at radius 1 is 1.05 bits per heavy atom. The van der Waals surface area contributed by atoms with Gasteiger partial charge in [-0.05, 0) is 29.8 Å². The summed E-state index contributed by atoms with van der Waals surface area (Å²) < 4.78 is 0. The van der Waals surface area contributed by atoms with Crippen LogP contribution in [0.4, 0.5) is 0 Å². The summed E-state index contributed by atoms with van der Waals surface area (Å²) in [6, 6.07) is 19.6. The van der Waals surface area contributed by atoms with Crippen molar-refractivity contribution in [3.63, 3.8) is 0 Å². The molecule has 3 rings (SSSR count). The number of halogens is 1. The Morgan fingerprint density at radius 3 is 2.71 bits per heavy atom. The molecule has 0 spiro atoms. The second-order valence-corrected chi connectivity index (χ2v) is 5.19. The van der Waals surface area contributed by atoms with Crippen molar-refractivity contribution < 1.29 is 0 Å². The maximum atomic E-state index is 6.02. The van der Waals surface area contributed by atoms with Crippen molar-refractivity contribution in [2.75, 3.05) is 0 Å². The number of benzene rings is 2. The van der Waals surface area contributed by atoms with Crippen molar-refractivity contribution in [2.45, 2.75) is 6.42 Å². The van der Waals surface area contributed by atoms with Gasteiger partial charge in [-0.15, -0.1) is 0 Å². The summed E-state index contributed by atoms with van der Waals surface area (Å²) in [6.07, 6.45) is 0.571. The van der Waals surface area contributed by atoms with Gasteiger partial charge in [-0.3, -0.25) is 4.98 Å². The predicted octanol–water partition coefficient (Wildman–Crippen LogP) is 3.79. The Labute approximate surface area is 128 Å². The summed E-state index contributed by atoms with van der Waals surface area (Å²) >= 11 is 6.02. The number of fused-ring (bicyclic) bond motifs is 1. The van der Waals surface area contributed by atoms with Crippen LogP contribution in [-0.4, -0.2) is 10.7 Å². The van der Waals surface area contributed by atoms with Crippen LogP contribution < -0.4 is 5.84 Å². The van der Waals surface area contributed by atoms with Crippen LogP contribution in [0.1, 0.15) is 11.3 Å². The Bertz CT molecular complexity index is 812. The molecule has 2 aromatic carbocycles. The van der Waals surface area contributed by atoms with E-state index in [1.807, 2.05) is 54.6 Å². The number of aromatic nitrogens is 1. The van der Waals surface area contributed by atoms with Gasteiger partial charge in [-0.25, -0.2) is 0 Å². The lowest BCUT2D eigenvalue weighted by Crippen LogP contribution is -2.09. The third kappa shape index (κ3) is 3.03. The van der Waals surface area contributed by atoms with Gasteiger partial charge in [0, 0.05) is 22.5 Å². The second-order valence-electron chi connectivity index (χ2n) is 4.76. The maximum absolute atomic E-state index is 6.02. The zero-order chi connectivity index (χ0) is 14.7. The molecule has 0 radical (unpaired) electrons. The highest BCUT2D eigenvalue weighted by molar-refractivity contribution is 6.31. The molecule has 104 valence electrons. The Balaban J connectivity index is 1.92. The summed E-state index contributed by atoms with van der Waals surface area (Å²) in [6.45, 7) is 0. The lowest BCUT2D eigenvalue weighted by Gasteiger charge is -2.07. The molecule has 0 aliphatic carbocycles. The van der Waals surface area contributed by atoms with Crippen molar-refractivity contribution in [3.8, 4) is 0 Å². The quantitative estimate of drug-likeness (QED) is 0.454. The number of nitrogens with zero attached hydrogens (tertiary/aromatic N) is 2. The molecule has 0 saturated heterocycles. The second kappa shape index (κ2) is 5.94. The van der Waals surface area contributed by atoms with E-state index in [1.54, 1.807) is 0 Å². The molecule has 1 heterocycles. The normalized spacial score (nSPS) is 11.8. The number of nitrogens with two attached hydrogens (primary N) is 1. The fourth-order valence-electron chi connectivity index (χ4n) is 2.27. The average molecular weight is 296 g/mol. The Hall–Kier alpha value is -2.39. The molecule has 0 aliphatic heterocycles. The SMILES string of the molecule is NN=C(Cc1ccc2ccccc2n1)c1cccc(Cl)c1. The van der Waals surface area contributed by atoms with Crippen LogP contribution in [0.25, 0.3) is 10.9 Å². The number of hydrogen-bond donors (Lipinski definition) is 1. The minimum Gasteiger partial charge on any atom is -0.323 e. The first kappa shape index (κ1) is 13.6. The molecule has 0 saturated carbocycles. The number of pyridine rings is 1. The van der Waals surface area contributed by atoms with Crippen LogP contribution in [-0.2, 0) is 6.42 Å². The highest BCUT2D eigenvalue weighted by atomic mass is 35.5. The molecular formula is C17H14ClN3. The monoisotopic (exact) mass is 295 g/mol. The molecule has 0 atom stereocenters. The van der Waals surface area contributed by atoms with E-state index < -0.39 is 0 Å². The Morgan fingerprint density at radius 2 is 1.90 bits per heavy atom. The lowest BCUT2D eigenvalue weighted by molar-refractivity contribution is 1.14. The van der Waals surface area contributed by atoms with E-state index in [0.717, 1.165) is 27.9 Å². The van der Waals surface area contributed by atoms with Gasteiger partial charge >= 0.3 is 0 Å². The third-order valence-electron chi connectivity index (χ3n) is 3.32. The lowest BCUT2D eigenvalue weighted by atomic mass is 10.0. The van der Waals surface area contributed by atoms with Gasteiger partial charge in [0.05, 0.1) is 11.2 Å². The van der Waals surface area contributed by atoms with Gasteiger partial charge in [-0.1, -0.05) is 48.0 Å². The van der Waals surface area contributed by atoms with E-state index in [4.69, 9.17) is 17.4 Å². The van der Waals surface area contributed by atoms with Crippen LogP contribution >= 0.6 is 11.6 Å². The molecule has 1 aromatic heterocycles. The summed E-state index contributed by atoms with van der Waals surface area (Å²) in [7, 11) is 0. The van der Waals surface area contributed by atoms with Crippen molar-refractivity contribution in [1.82, 2.24) is 4.98 Å². The van der Waals surface area contributed by atoms with Crippen LogP contribution in [0.15, 0.2) is 65.8 Å². The number of hydrogen-bond acceptors (Lipinski definition) is 3.